The molecule has 0 radical (unpaired) electrons. The first-order valence-electron chi connectivity index (χ1n) is 10.0. The summed E-state index contributed by atoms with van der Waals surface area (Å²) in [6.45, 7) is 8.42. The molecule has 1 fully saturated rings. The van der Waals surface area contributed by atoms with Crippen LogP contribution in [0, 0.1) is 0 Å². The van der Waals surface area contributed by atoms with Crippen LogP contribution in [0.3, 0.4) is 0 Å². The third-order valence-electron chi connectivity index (χ3n) is 6.56. The van der Waals surface area contributed by atoms with Crippen LogP contribution in [0.5, 0.6) is 0 Å². The molecular formula is C25H25BO2. The number of rotatable bonds is 2. The van der Waals surface area contributed by atoms with Crippen LogP contribution in [0.15, 0.2) is 66.7 Å². The first-order chi connectivity index (χ1) is 13.4. The molecule has 140 valence electrons. The molecule has 0 spiro atoms. The molecule has 0 amide bonds. The van der Waals surface area contributed by atoms with Gasteiger partial charge in [0.1, 0.15) is 0 Å². The number of hydrogen-bond donors (Lipinski definition) is 0. The molecule has 0 unspecified atom stereocenters. The van der Waals surface area contributed by atoms with Gasteiger partial charge in [-0.15, -0.1) is 0 Å². The molecule has 1 aliphatic heterocycles. The lowest BCUT2D eigenvalue weighted by Gasteiger charge is -2.32. The maximum Gasteiger partial charge on any atom is 0.494 e. The van der Waals surface area contributed by atoms with Gasteiger partial charge in [-0.05, 0) is 73.0 Å². The van der Waals surface area contributed by atoms with Crippen molar-refractivity contribution < 1.29 is 9.31 Å². The van der Waals surface area contributed by atoms with Crippen LogP contribution in [-0.4, -0.2) is 18.3 Å². The van der Waals surface area contributed by atoms with Crippen molar-refractivity contribution in [2.24, 2.45) is 0 Å². The average molecular weight is 368 g/mol. The van der Waals surface area contributed by atoms with Crippen molar-refractivity contribution in [2.45, 2.75) is 45.3 Å². The first kappa shape index (κ1) is 17.7. The topological polar surface area (TPSA) is 18.5 Å². The molecule has 3 heteroatoms. The summed E-state index contributed by atoms with van der Waals surface area (Å²) in [6, 6.07) is 23.9. The largest absolute Gasteiger partial charge is 0.494 e. The van der Waals surface area contributed by atoms with Crippen molar-refractivity contribution in [3.05, 3.63) is 77.9 Å². The Morgan fingerprint density at radius 1 is 0.714 bits per heavy atom. The summed E-state index contributed by atoms with van der Waals surface area (Å²) in [4.78, 5) is 0. The Labute approximate surface area is 167 Å². The minimum Gasteiger partial charge on any atom is -0.399 e. The fourth-order valence-corrected chi connectivity index (χ4v) is 4.24. The minimum absolute atomic E-state index is 0.346. The van der Waals surface area contributed by atoms with Gasteiger partial charge in [-0.2, -0.15) is 0 Å². The molecular weight excluding hydrogens is 343 g/mol. The molecule has 2 aliphatic rings. The van der Waals surface area contributed by atoms with Gasteiger partial charge in [-0.3, -0.25) is 0 Å². The molecule has 5 rings (SSSR count). The first-order valence-corrected chi connectivity index (χ1v) is 10.0. The van der Waals surface area contributed by atoms with Crippen LogP contribution in [-0.2, 0) is 15.7 Å². The van der Waals surface area contributed by atoms with E-state index in [1.807, 2.05) is 0 Å². The van der Waals surface area contributed by atoms with Gasteiger partial charge in [0.05, 0.1) is 11.2 Å². The Bertz CT molecular complexity index is 1040. The molecule has 3 aromatic carbocycles. The van der Waals surface area contributed by atoms with Crippen LogP contribution in [0.25, 0.3) is 22.3 Å². The maximum atomic E-state index is 6.37. The standard InChI is InChI=1S/C25H25BO2/c1-24(2)25(3,4)28-26(27-24)19-15-21(17-10-6-5-7-11-17)22-14-18-12-8-9-13-20(18)23(22)16-19/h5-13,15-16H,14H2,1-4H3. The Morgan fingerprint density at radius 3 is 2.04 bits per heavy atom. The lowest BCUT2D eigenvalue weighted by Crippen LogP contribution is -2.41. The van der Waals surface area contributed by atoms with E-state index in [9.17, 15) is 0 Å². The number of fused-ring (bicyclic) bond motifs is 3. The van der Waals surface area contributed by atoms with E-state index in [2.05, 4.69) is 94.4 Å². The minimum atomic E-state index is -0.356. The van der Waals surface area contributed by atoms with Gasteiger partial charge in [0, 0.05) is 0 Å². The third kappa shape index (κ3) is 2.65. The zero-order valence-electron chi connectivity index (χ0n) is 17.0. The van der Waals surface area contributed by atoms with Gasteiger partial charge in [0.2, 0.25) is 0 Å². The van der Waals surface area contributed by atoms with E-state index in [0.717, 1.165) is 11.9 Å². The Hall–Kier alpha value is -2.36. The van der Waals surface area contributed by atoms with E-state index >= 15 is 0 Å². The molecule has 0 N–H and O–H groups in total. The molecule has 0 aromatic heterocycles. The van der Waals surface area contributed by atoms with Crippen molar-refractivity contribution in [2.75, 3.05) is 0 Å². The summed E-state index contributed by atoms with van der Waals surface area (Å²) in [5.41, 5.74) is 8.34. The lowest BCUT2D eigenvalue weighted by atomic mass is 9.75. The molecule has 0 bridgehead atoms. The average Bonchev–Trinajstić information content (AvgIpc) is 3.15. The van der Waals surface area contributed by atoms with Crippen LogP contribution < -0.4 is 5.46 Å². The summed E-state index contributed by atoms with van der Waals surface area (Å²) in [7, 11) is -0.356. The zero-order chi connectivity index (χ0) is 19.5. The van der Waals surface area contributed by atoms with E-state index < -0.39 is 0 Å². The summed E-state index contributed by atoms with van der Waals surface area (Å²) < 4.78 is 12.7. The van der Waals surface area contributed by atoms with E-state index in [4.69, 9.17) is 9.31 Å². The second kappa shape index (κ2) is 6.07. The highest BCUT2D eigenvalue weighted by Gasteiger charge is 2.52. The van der Waals surface area contributed by atoms with Crippen molar-refractivity contribution in [1.82, 2.24) is 0 Å². The predicted octanol–water partition coefficient (Wildman–Crippen LogP) is 5.22. The van der Waals surface area contributed by atoms with Crippen LogP contribution >= 0.6 is 0 Å². The smallest absolute Gasteiger partial charge is 0.399 e. The molecule has 2 nitrogen and oxygen atoms in total. The molecule has 0 saturated carbocycles. The van der Waals surface area contributed by atoms with Crippen molar-refractivity contribution in [3.63, 3.8) is 0 Å². The quantitative estimate of drug-likeness (QED) is 0.452. The third-order valence-corrected chi connectivity index (χ3v) is 6.56. The predicted molar refractivity (Wildman–Crippen MR) is 116 cm³/mol. The van der Waals surface area contributed by atoms with E-state index in [1.165, 1.54) is 33.4 Å². The van der Waals surface area contributed by atoms with Crippen molar-refractivity contribution >= 4 is 12.6 Å². The Balaban J connectivity index is 1.69. The number of benzene rings is 3. The van der Waals surface area contributed by atoms with Gasteiger partial charge in [0.15, 0.2) is 0 Å². The van der Waals surface area contributed by atoms with E-state index in [0.29, 0.717) is 0 Å². The van der Waals surface area contributed by atoms with Crippen molar-refractivity contribution in [3.8, 4) is 22.3 Å². The zero-order valence-corrected chi connectivity index (χ0v) is 17.0. The molecule has 28 heavy (non-hydrogen) atoms. The monoisotopic (exact) mass is 368 g/mol. The molecule has 1 heterocycles. The Kier molecular flexibility index (Phi) is 3.84. The van der Waals surface area contributed by atoms with E-state index in [1.54, 1.807) is 0 Å². The summed E-state index contributed by atoms with van der Waals surface area (Å²) >= 11 is 0. The van der Waals surface area contributed by atoms with Crippen LogP contribution in [0.1, 0.15) is 38.8 Å². The van der Waals surface area contributed by atoms with Crippen molar-refractivity contribution in [1.29, 1.82) is 0 Å². The summed E-state index contributed by atoms with van der Waals surface area (Å²) in [5, 5.41) is 0. The van der Waals surface area contributed by atoms with Gasteiger partial charge in [-0.25, -0.2) is 0 Å². The highest BCUT2D eigenvalue weighted by atomic mass is 16.7. The van der Waals surface area contributed by atoms with Crippen LogP contribution in [0.2, 0.25) is 0 Å². The van der Waals surface area contributed by atoms with Gasteiger partial charge in [0.25, 0.3) is 0 Å². The van der Waals surface area contributed by atoms with Gasteiger partial charge < -0.3 is 9.31 Å². The van der Waals surface area contributed by atoms with Gasteiger partial charge >= 0.3 is 7.12 Å². The lowest BCUT2D eigenvalue weighted by molar-refractivity contribution is 0.00578. The SMILES string of the molecule is CC1(C)OB(c2cc(-c3ccccc3)c3c(c2)-c2ccccc2C3)OC1(C)C. The second-order valence-corrected chi connectivity index (χ2v) is 8.88. The normalized spacial score (nSPS) is 18.8. The Morgan fingerprint density at radius 2 is 1.32 bits per heavy atom. The van der Waals surface area contributed by atoms with E-state index in [-0.39, 0.29) is 18.3 Å². The fourth-order valence-electron chi connectivity index (χ4n) is 4.24. The summed E-state index contributed by atoms with van der Waals surface area (Å²) in [5.74, 6) is 0. The summed E-state index contributed by atoms with van der Waals surface area (Å²) in [6.07, 6.45) is 0.972. The highest BCUT2D eigenvalue weighted by molar-refractivity contribution is 6.62. The number of hydrogen-bond acceptors (Lipinski definition) is 2. The van der Waals surface area contributed by atoms with Crippen LogP contribution in [0.4, 0.5) is 0 Å². The molecule has 1 saturated heterocycles. The molecule has 3 aromatic rings. The fraction of sp³-hybridized carbons (Fsp3) is 0.280. The molecule has 1 aliphatic carbocycles. The second-order valence-electron chi connectivity index (χ2n) is 8.88. The maximum absolute atomic E-state index is 6.37. The highest BCUT2D eigenvalue weighted by Crippen LogP contribution is 2.42. The molecule has 0 atom stereocenters. The van der Waals surface area contributed by atoms with Gasteiger partial charge in [-0.1, -0.05) is 66.7 Å².